The van der Waals surface area contributed by atoms with E-state index in [2.05, 4.69) is 13.8 Å². The van der Waals surface area contributed by atoms with Crippen molar-refractivity contribution >= 4 is 5.78 Å². The fraction of sp³-hybridized carbons (Fsp3) is 0.889. The Morgan fingerprint density at radius 1 is 1.55 bits per heavy atom. The van der Waals surface area contributed by atoms with Crippen LogP contribution in [0, 0.1) is 5.92 Å². The fourth-order valence-electron chi connectivity index (χ4n) is 1.41. The molecule has 0 unspecified atom stereocenters. The van der Waals surface area contributed by atoms with Crippen LogP contribution >= 0.6 is 0 Å². The average molecular weight is 155 g/mol. The van der Waals surface area contributed by atoms with E-state index in [0.29, 0.717) is 12.3 Å². The maximum absolute atomic E-state index is 11.4. The second-order valence-electron chi connectivity index (χ2n) is 4.03. The van der Waals surface area contributed by atoms with Crippen molar-refractivity contribution in [3.63, 3.8) is 0 Å². The minimum Gasteiger partial charge on any atom is -0.319 e. The zero-order chi connectivity index (χ0) is 8.48. The van der Waals surface area contributed by atoms with Crippen molar-refractivity contribution in [2.24, 2.45) is 11.7 Å². The van der Waals surface area contributed by atoms with Crippen molar-refractivity contribution in [1.29, 1.82) is 0 Å². The summed E-state index contributed by atoms with van der Waals surface area (Å²) < 4.78 is 0. The highest BCUT2D eigenvalue weighted by Crippen LogP contribution is 2.31. The number of hydrogen-bond acceptors (Lipinski definition) is 2. The van der Waals surface area contributed by atoms with E-state index in [4.69, 9.17) is 5.73 Å². The molecule has 1 aliphatic carbocycles. The van der Waals surface area contributed by atoms with Crippen LogP contribution < -0.4 is 5.73 Å². The number of nitrogens with two attached hydrogens (primary N) is 1. The monoisotopic (exact) mass is 155 g/mol. The first-order chi connectivity index (χ1) is 5.04. The first-order valence-corrected chi connectivity index (χ1v) is 4.37. The van der Waals surface area contributed by atoms with E-state index >= 15 is 0 Å². The summed E-state index contributed by atoms with van der Waals surface area (Å²) in [6.45, 7) is 4.11. The zero-order valence-electron chi connectivity index (χ0n) is 7.39. The summed E-state index contributed by atoms with van der Waals surface area (Å²) in [4.78, 5) is 11.4. The number of carbonyl (C=O) groups excluding carboxylic acids is 1. The van der Waals surface area contributed by atoms with Gasteiger partial charge in [0.15, 0.2) is 5.78 Å². The van der Waals surface area contributed by atoms with Gasteiger partial charge in [0, 0.05) is 6.42 Å². The topological polar surface area (TPSA) is 43.1 Å². The second kappa shape index (κ2) is 2.94. The van der Waals surface area contributed by atoms with Gasteiger partial charge < -0.3 is 5.73 Å². The van der Waals surface area contributed by atoms with Crippen molar-refractivity contribution < 1.29 is 4.79 Å². The van der Waals surface area contributed by atoms with E-state index in [0.717, 1.165) is 19.3 Å². The number of rotatable bonds is 3. The van der Waals surface area contributed by atoms with Crippen LogP contribution in [0.2, 0.25) is 0 Å². The molecule has 0 radical (unpaired) electrons. The lowest BCUT2D eigenvalue weighted by Crippen LogP contribution is -2.53. The van der Waals surface area contributed by atoms with Crippen molar-refractivity contribution in [3.05, 3.63) is 0 Å². The van der Waals surface area contributed by atoms with Crippen LogP contribution in [0.5, 0.6) is 0 Å². The molecule has 2 N–H and O–H groups in total. The lowest BCUT2D eigenvalue weighted by atomic mass is 9.73. The first-order valence-electron chi connectivity index (χ1n) is 4.37. The summed E-state index contributed by atoms with van der Waals surface area (Å²) in [7, 11) is 0. The smallest absolute Gasteiger partial charge is 0.152 e. The Morgan fingerprint density at radius 3 is 2.36 bits per heavy atom. The van der Waals surface area contributed by atoms with E-state index in [1.165, 1.54) is 0 Å². The highest BCUT2D eigenvalue weighted by Gasteiger charge is 2.39. The normalized spacial score (nSPS) is 21.5. The van der Waals surface area contributed by atoms with Gasteiger partial charge in [0.2, 0.25) is 0 Å². The third-order valence-electron chi connectivity index (χ3n) is 2.39. The molecule has 1 rings (SSSR count). The molecule has 0 aliphatic heterocycles. The molecule has 0 aromatic carbocycles. The van der Waals surface area contributed by atoms with Crippen molar-refractivity contribution in [1.82, 2.24) is 0 Å². The minimum absolute atomic E-state index is 0.263. The van der Waals surface area contributed by atoms with E-state index in [1.54, 1.807) is 0 Å². The predicted molar refractivity (Wildman–Crippen MR) is 45.2 cm³/mol. The summed E-state index contributed by atoms with van der Waals surface area (Å²) in [5.41, 5.74) is 5.42. The minimum atomic E-state index is -0.426. The Bertz CT molecular complexity index is 159. The predicted octanol–water partition coefficient (Wildman–Crippen LogP) is 1.48. The van der Waals surface area contributed by atoms with Gasteiger partial charge in [0.25, 0.3) is 0 Å². The molecule has 1 fully saturated rings. The van der Waals surface area contributed by atoms with Crippen LogP contribution in [0.25, 0.3) is 0 Å². The molecule has 64 valence electrons. The zero-order valence-corrected chi connectivity index (χ0v) is 7.39. The van der Waals surface area contributed by atoms with Crippen LogP contribution in [-0.4, -0.2) is 11.3 Å². The standard InChI is InChI=1S/C9H17NO/c1-7(2)6-8(11)9(10)4-3-5-9/h7H,3-6,10H2,1-2H3. The third kappa shape index (κ3) is 1.80. The Kier molecular flexibility index (Phi) is 2.33. The largest absolute Gasteiger partial charge is 0.319 e. The summed E-state index contributed by atoms with van der Waals surface area (Å²) in [5, 5.41) is 0. The SMILES string of the molecule is CC(C)CC(=O)C1(N)CCC1. The summed E-state index contributed by atoms with van der Waals surface area (Å²) >= 11 is 0. The highest BCUT2D eigenvalue weighted by atomic mass is 16.1. The molecule has 0 spiro atoms. The van der Waals surface area contributed by atoms with E-state index in [-0.39, 0.29) is 5.78 Å². The van der Waals surface area contributed by atoms with E-state index < -0.39 is 5.54 Å². The number of Topliss-reactive ketones (excluding diaryl/α,β-unsaturated/α-hetero) is 1. The molecule has 0 atom stereocenters. The summed E-state index contributed by atoms with van der Waals surface area (Å²) in [6.07, 6.45) is 3.58. The molecule has 2 nitrogen and oxygen atoms in total. The highest BCUT2D eigenvalue weighted by molar-refractivity contribution is 5.89. The first kappa shape index (κ1) is 8.72. The molecule has 1 aliphatic rings. The fourth-order valence-corrected chi connectivity index (χ4v) is 1.41. The number of carbonyl (C=O) groups is 1. The van der Waals surface area contributed by atoms with Crippen LogP contribution in [0.4, 0.5) is 0 Å². The third-order valence-corrected chi connectivity index (χ3v) is 2.39. The molecule has 0 amide bonds. The van der Waals surface area contributed by atoms with E-state index in [1.807, 2.05) is 0 Å². The quantitative estimate of drug-likeness (QED) is 0.671. The molecule has 0 saturated heterocycles. The molecule has 0 aromatic heterocycles. The van der Waals surface area contributed by atoms with Crippen LogP contribution in [0.15, 0.2) is 0 Å². The molecule has 0 bridgehead atoms. The Labute approximate surface area is 68.2 Å². The van der Waals surface area contributed by atoms with Gasteiger partial charge in [-0.25, -0.2) is 0 Å². The summed E-state index contributed by atoms with van der Waals surface area (Å²) in [5.74, 6) is 0.710. The Balaban J connectivity index is 2.40. The second-order valence-corrected chi connectivity index (χ2v) is 4.03. The summed E-state index contributed by atoms with van der Waals surface area (Å²) in [6, 6.07) is 0. The molecule has 1 saturated carbocycles. The van der Waals surface area contributed by atoms with Gasteiger partial charge in [-0.2, -0.15) is 0 Å². The lowest BCUT2D eigenvalue weighted by Gasteiger charge is -2.36. The average Bonchev–Trinajstić information content (AvgIpc) is 1.81. The molecular formula is C9H17NO. The Hall–Kier alpha value is -0.370. The van der Waals surface area contributed by atoms with Crippen molar-refractivity contribution in [2.75, 3.05) is 0 Å². The van der Waals surface area contributed by atoms with Crippen LogP contribution in [0.1, 0.15) is 39.5 Å². The molecule has 11 heavy (non-hydrogen) atoms. The maximum atomic E-state index is 11.4. The number of hydrogen-bond donors (Lipinski definition) is 1. The van der Waals surface area contributed by atoms with Gasteiger partial charge in [0.1, 0.15) is 0 Å². The lowest BCUT2D eigenvalue weighted by molar-refractivity contribution is -0.127. The maximum Gasteiger partial charge on any atom is 0.152 e. The Morgan fingerprint density at radius 2 is 2.09 bits per heavy atom. The van der Waals surface area contributed by atoms with Gasteiger partial charge in [0.05, 0.1) is 5.54 Å². The number of ketones is 1. The van der Waals surface area contributed by atoms with Gasteiger partial charge in [-0.05, 0) is 25.2 Å². The molecular weight excluding hydrogens is 138 g/mol. The van der Waals surface area contributed by atoms with Crippen LogP contribution in [0.3, 0.4) is 0 Å². The van der Waals surface area contributed by atoms with Crippen molar-refractivity contribution in [2.45, 2.75) is 45.1 Å². The van der Waals surface area contributed by atoms with Gasteiger partial charge in [-0.3, -0.25) is 4.79 Å². The van der Waals surface area contributed by atoms with Crippen molar-refractivity contribution in [3.8, 4) is 0 Å². The van der Waals surface area contributed by atoms with E-state index in [9.17, 15) is 4.79 Å². The van der Waals surface area contributed by atoms with Gasteiger partial charge in [-0.1, -0.05) is 13.8 Å². The van der Waals surface area contributed by atoms with Gasteiger partial charge >= 0.3 is 0 Å². The van der Waals surface area contributed by atoms with Gasteiger partial charge in [-0.15, -0.1) is 0 Å². The molecule has 0 aromatic rings. The molecule has 0 heterocycles. The van der Waals surface area contributed by atoms with Crippen LogP contribution in [-0.2, 0) is 4.79 Å². The molecule has 2 heteroatoms.